The van der Waals surface area contributed by atoms with Crippen molar-refractivity contribution in [1.29, 1.82) is 0 Å². The highest BCUT2D eigenvalue weighted by Gasteiger charge is 1.92. The Morgan fingerprint density at radius 1 is 1.55 bits per heavy atom. The van der Waals surface area contributed by atoms with Crippen LogP contribution in [0.5, 0.6) is 0 Å². The van der Waals surface area contributed by atoms with E-state index in [2.05, 4.69) is 0 Å². The molecule has 0 saturated carbocycles. The van der Waals surface area contributed by atoms with Crippen LogP contribution < -0.4 is 5.73 Å². The monoisotopic (exact) mass is 156 g/mol. The average molecular weight is 156 g/mol. The Morgan fingerprint density at radius 3 is 2.55 bits per heavy atom. The van der Waals surface area contributed by atoms with Gasteiger partial charge in [0.15, 0.2) is 0 Å². The Bertz CT molecular complexity index is 141. The van der Waals surface area contributed by atoms with Gasteiger partial charge in [-0.2, -0.15) is 0 Å². The Labute approximate surface area is 67.9 Å². The van der Waals surface area contributed by atoms with Crippen LogP contribution in [0.3, 0.4) is 0 Å². The van der Waals surface area contributed by atoms with Crippen molar-refractivity contribution in [2.45, 2.75) is 6.42 Å². The minimum atomic E-state index is 0.540. The van der Waals surface area contributed by atoms with Crippen molar-refractivity contribution >= 4 is 6.29 Å². The molecule has 0 aromatic heterocycles. The highest BCUT2D eigenvalue weighted by Crippen LogP contribution is 1.94. The van der Waals surface area contributed by atoms with Gasteiger partial charge in [-0.05, 0) is 32.6 Å². The van der Waals surface area contributed by atoms with Crippen LogP contribution in [0.4, 0.5) is 0 Å². The van der Waals surface area contributed by atoms with Gasteiger partial charge in [-0.1, -0.05) is 6.08 Å². The quantitative estimate of drug-likeness (QED) is 0.451. The first-order valence-electron chi connectivity index (χ1n) is 3.69. The maximum Gasteiger partial charge on any atom is 0.145 e. The SMILES string of the molecule is CN(C)C/C=C(/C=O)CCN. The lowest BCUT2D eigenvalue weighted by Crippen LogP contribution is -2.12. The van der Waals surface area contributed by atoms with Crippen LogP contribution in [0.25, 0.3) is 0 Å². The molecule has 2 N–H and O–H groups in total. The molecule has 0 atom stereocenters. The minimum Gasteiger partial charge on any atom is -0.330 e. The molecule has 0 saturated heterocycles. The minimum absolute atomic E-state index is 0.540. The molecule has 64 valence electrons. The summed E-state index contributed by atoms with van der Waals surface area (Å²) in [7, 11) is 3.92. The first kappa shape index (κ1) is 10.3. The molecule has 0 amide bonds. The fourth-order valence-electron chi connectivity index (χ4n) is 0.676. The average Bonchev–Trinajstić information content (AvgIpc) is 1.97. The topological polar surface area (TPSA) is 46.3 Å². The van der Waals surface area contributed by atoms with Gasteiger partial charge in [0, 0.05) is 6.54 Å². The van der Waals surface area contributed by atoms with Crippen molar-refractivity contribution in [2.75, 3.05) is 27.2 Å². The number of carbonyl (C=O) groups is 1. The molecule has 0 aliphatic carbocycles. The molecule has 0 aliphatic heterocycles. The third kappa shape index (κ3) is 5.76. The summed E-state index contributed by atoms with van der Waals surface area (Å²) in [5.41, 5.74) is 6.09. The molecule has 0 bridgehead atoms. The molecular formula is C8H16N2O. The number of aldehydes is 1. The molecular weight excluding hydrogens is 140 g/mol. The summed E-state index contributed by atoms with van der Waals surface area (Å²) in [4.78, 5) is 12.4. The van der Waals surface area contributed by atoms with Crippen molar-refractivity contribution in [3.05, 3.63) is 11.6 Å². The van der Waals surface area contributed by atoms with E-state index in [0.29, 0.717) is 13.0 Å². The fourth-order valence-corrected chi connectivity index (χ4v) is 0.676. The Kier molecular flexibility index (Phi) is 5.70. The van der Waals surface area contributed by atoms with Gasteiger partial charge in [-0.3, -0.25) is 4.79 Å². The van der Waals surface area contributed by atoms with Crippen molar-refractivity contribution in [3.8, 4) is 0 Å². The molecule has 0 radical (unpaired) electrons. The lowest BCUT2D eigenvalue weighted by atomic mass is 10.2. The first-order chi connectivity index (χ1) is 5.20. The number of rotatable bonds is 5. The van der Waals surface area contributed by atoms with Crippen molar-refractivity contribution in [2.24, 2.45) is 5.73 Å². The zero-order valence-corrected chi connectivity index (χ0v) is 7.21. The molecule has 3 heteroatoms. The number of nitrogens with two attached hydrogens (primary N) is 1. The maximum atomic E-state index is 10.4. The molecule has 0 aromatic carbocycles. The number of hydrogen-bond donors (Lipinski definition) is 1. The van der Waals surface area contributed by atoms with Crippen molar-refractivity contribution < 1.29 is 4.79 Å². The van der Waals surface area contributed by atoms with Gasteiger partial charge in [0.1, 0.15) is 6.29 Å². The summed E-state index contributed by atoms with van der Waals surface area (Å²) in [6, 6.07) is 0. The van der Waals surface area contributed by atoms with Crippen LogP contribution in [0.1, 0.15) is 6.42 Å². The lowest BCUT2D eigenvalue weighted by Gasteiger charge is -2.05. The van der Waals surface area contributed by atoms with E-state index in [4.69, 9.17) is 5.73 Å². The largest absolute Gasteiger partial charge is 0.330 e. The number of likely N-dealkylation sites (N-methyl/N-ethyl adjacent to an activating group) is 1. The smallest absolute Gasteiger partial charge is 0.145 e. The Balaban J connectivity index is 3.80. The molecule has 0 aliphatic rings. The summed E-state index contributed by atoms with van der Waals surface area (Å²) < 4.78 is 0. The summed E-state index contributed by atoms with van der Waals surface area (Å²) >= 11 is 0. The van der Waals surface area contributed by atoms with E-state index in [1.807, 2.05) is 25.1 Å². The predicted molar refractivity (Wildman–Crippen MR) is 46.4 cm³/mol. The molecule has 0 aromatic rings. The van der Waals surface area contributed by atoms with Gasteiger partial charge in [0.25, 0.3) is 0 Å². The number of carbonyl (C=O) groups excluding carboxylic acids is 1. The summed E-state index contributed by atoms with van der Waals surface area (Å²) in [6.07, 6.45) is 3.45. The van der Waals surface area contributed by atoms with Crippen LogP contribution in [-0.2, 0) is 4.79 Å². The predicted octanol–water partition coefficient (Wildman–Crippen LogP) is 0.0221. The van der Waals surface area contributed by atoms with Crippen LogP contribution >= 0.6 is 0 Å². The summed E-state index contributed by atoms with van der Waals surface area (Å²) in [6.45, 7) is 1.34. The lowest BCUT2D eigenvalue weighted by molar-refractivity contribution is -0.105. The maximum absolute atomic E-state index is 10.4. The standard InChI is InChI=1S/C8H16N2O/c1-10(2)6-4-8(7-11)3-5-9/h4,7H,3,5-6,9H2,1-2H3/b8-4+. The second-order valence-corrected chi connectivity index (χ2v) is 2.70. The zero-order valence-electron chi connectivity index (χ0n) is 7.21. The van der Waals surface area contributed by atoms with Crippen molar-refractivity contribution in [1.82, 2.24) is 4.90 Å². The van der Waals surface area contributed by atoms with Gasteiger partial charge in [0.2, 0.25) is 0 Å². The van der Waals surface area contributed by atoms with E-state index in [1.54, 1.807) is 0 Å². The Morgan fingerprint density at radius 2 is 2.18 bits per heavy atom. The fraction of sp³-hybridized carbons (Fsp3) is 0.625. The molecule has 0 spiro atoms. The molecule has 3 nitrogen and oxygen atoms in total. The third-order valence-corrected chi connectivity index (χ3v) is 1.30. The van der Waals surface area contributed by atoms with E-state index < -0.39 is 0 Å². The van der Waals surface area contributed by atoms with Gasteiger partial charge in [-0.25, -0.2) is 0 Å². The van der Waals surface area contributed by atoms with Gasteiger partial charge in [0.05, 0.1) is 0 Å². The van der Waals surface area contributed by atoms with Gasteiger partial charge < -0.3 is 10.6 Å². The second-order valence-electron chi connectivity index (χ2n) is 2.70. The van der Waals surface area contributed by atoms with Crippen LogP contribution in [0.2, 0.25) is 0 Å². The summed E-state index contributed by atoms with van der Waals surface area (Å²) in [5.74, 6) is 0. The van der Waals surface area contributed by atoms with Crippen molar-refractivity contribution in [3.63, 3.8) is 0 Å². The van der Waals surface area contributed by atoms with Crippen LogP contribution in [0, 0.1) is 0 Å². The molecule has 0 unspecified atom stereocenters. The molecule has 0 rings (SSSR count). The molecule has 0 heterocycles. The van der Waals surface area contributed by atoms with E-state index in [1.165, 1.54) is 0 Å². The highest BCUT2D eigenvalue weighted by atomic mass is 16.1. The van der Waals surface area contributed by atoms with E-state index in [0.717, 1.165) is 18.4 Å². The summed E-state index contributed by atoms with van der Waals surface area (Å²) in [5, 5.41) is 0. The Hall–Kier alpha value is -0.670. The van der Waals surface area contributed by atoms with Crippen LogP contribution in [-0.4, -0.2) is 38.4 Å². The normalized spacial score (nSPS) is 12.2. The first-order valence-corrected chi connectivity index (χ1v) is 3.69. The van der Waals surface area contributed by atoms with Crippen LogP contribution in [0.15, 0.2) is 11.6 Å². The number of nitrogens with zero attached hydrogens (tertiary/aromatic N) is 1. The zero-order chi connectivity index (χ0) is 8.69. The van der Waals surface area contributed by atoms with E-state index in [9.17, 15) is 4.79 Å². The molecule has 0 fully saturated rings. The van der Waals surface area contributed by atoms with Gasteiger partial charge >= 0.3 is 0 Å². The third-order valence-electron chi connectivity index (χ3n) is 1.30. The van der Waals surface area contributed by atoms with E-state index in [-0.39, 0.29) is 0 Å². The second kappa shape index (κ2) is 6.07. The molecule has 11 heavy (non-hydrogen) atoms. The van der Waals surface area contributed by atoms with Gasteiger partial charge in [-0.15, -0.1) is 0 Å². The number of hydrogen-bond acceptors (Lipinski definition) is 3. The highest BCUT2D eigenvalue weighted by molar-refractivity contribution is 5.73. The van der Waals surface area contributed by atoms with E-state index >= 15 is 0 Å².